The molecule has 0 saturated carbocycles. The molecule has 0 aliphatic carbocycles. The molecule has 0 fully saturated rings. The molecule has 0 amide bonds. The Morgan fingerprint density at radius 1 is 1.12 bits per heavy atom. The highest BCUT2D eigenvalue weighted by atomic mass is 16.5. The smallest absolute Gasteiger partial charge is 0.149 e. The lowest BCUT2D eigenvalue weighted by Gasteiger charge is -2.09. The Labute approximate surface area is 143 Å². The maximum absolute atomic E-state index is 11.4. The molecule has 25 heavy (non-hydrogen) atoms. The van der Waals surface area contributed by atoms with Crippen molar-refractivity contribution in [2.75, 3.05) is 7.11 Å². The van der Waals surface area contributed by atoms with E-state index in [1.165, 1.54) is 0 Å². The first-order chi connectivity index (χ1) is 12.2. The van der Waals surface area contributed by atoms with Gasteiger partial charge in [0.2, 0.25) is 0 Å². The standard InChI is InChI=1S/C19H15N3O3/c1-25-13-8-6-12(7-9-13)10-22-11-20-17-16(21-24)14-4-2-3-5-15(14)19(23)18(17)22/h2-9,11,23H,10H2,1H3. The van der Waals surface area contributed by atoms with Crippen molar-refractivity contribution in [3.63, 3.8) is 0 Å². The lowest BCUT2D eigenvalue weighted by atomic mass is 10.1. The van der Waals surface area contributed by atoms with Gasteiger partial charge >= 0.3 is 0 Å². The third kappa shape index (κ3) is 2.39. The highest BCUT2D eigenvalue weighted by Gasteiger charge is 2.18. The number of hydrogen-bond donors (Lipinski definition) is 1. The fourth-order valence-electron chi connectivity index (χ4n) is 3.09. The Kier molecular flexibility index (Phi) is 3.57. The van der Waals surface area contributed by atoms with Gasteiger partial charge in [-0.05, 0) is 22.9 Å². The Balaban J connectivity index is 1.90. The number of phenolic OH excluding ortho intramolecular Hbond substituents is 1. The summed E-state index contributed by atoms with van der Waals surface area (Å²) in [5, 5.41) is 15.1. The summed E-state index contributed by atoms with van der Waals surface area (Å²) in [4.78, 5) is 15.7. The minimum absolute atomic E-state index is 0.101. The van der Waals surface area contributed by atoms with Gasteiger partial charge in [0, 0.05) is 17.3 Å². The fraction of sp³-hybridized carbons (Fsp3) is 0.105. The van der Waals surface area contributed by atoms with Crippen LogP contribution < -0.4 is 4.74 Å². The van der Waals surface area contributed by atoms with Crippen molar-refractivity contribution in [1.82, 2.24) is 9.55 Å². The third-order valence-corrected chi connectivity index (χ3v) is 4.33. The van der Waals surface area contributed by atoms with Crippen molar-refractivity contribution in [1.29, 1.82) is 0 Å². The summed E-state index contributed by atoms with van der Waals surface area (Å²) in [5.74, 6) is 0.879. The third-order valence-electron chi connectivity index (χ3n) is 4.33. The number of fused-ring (bicyclic) bond motifs is 2. The number of benzene rings is 3. The van der Waals surface area contributed by atoms with Gasteiger partial charge < -0.3 is 14.4 Å². The molecular weight excluding hydrogens is 318 g/mol. The molecule has 124 valence electrons. The topological polar surface area (TPSA) is 76.7 Å². The summed E-state index contributed by atoms with van der Waals surface area (Å²) in [6.07, 6.45) is 1.61. The molecule has 1 aromatic heterocycles. The molecule has 3 aromatic carbocycles. The van der Waals surface area contributed by atoms with Crippen LogP contribution >= 0.6 is 0 Å². The highest BCUT2D eigenvalue weighted by molar-refractivity contribution is 6.12. The van der Waals surface area contributed by atoms with Crippen LogP contribution in [0.5, 0.6) is 11.5 Å². The number of ether oxygens (including phenoxy) is 1. The predicted molar refractivity (Wildman–Crippen MR) is 96.5 cm³/mol. The molecule has 0 aliphatic rings. The molecule has 6 heteroatoms. The average molecular weight is 333 g/mol. The highest BCUT2D eigenvalue weighted by Crippen LogP contribution is 2.41. The van der Waals surface area contributed by atoms with E-state index in [0.29, 0.717) is 28.4 Å². The van der Waals surface area contributed by atoms with Gasteiger partial charge in [0.25, 0.3) is 0 Å². The molecule has 0 atom stereocenters. The second kappa shape index (κ2) is 5.90. The zero-order valence-corrected chi connectivity index (χ0v) is 13.5. The van der Waals surface area contributed by atoms with E-state index in [1.807, 2.05) is 34.9 Å². The molecule has 4 aromatic rings. The van der Waals surface area contributed by atoms with Crippen LogP contribution in [0.1, 0.15) is 5.56 Å². The average Bonchev–Trinajstić information content (AvgIpc) is 3.07. The normalized spacial score (nSPS) is 11.1. The van der Waals surface area contributed by atoms with Gasteiger partial charge in [0.1, 0.15) is 28.2 Å². The second-order valence-electron chi connectivity index (χ2n) is 5.75. The Hall–Kier alpha value is -3.41. The van der Waals surface area contributed by atoms with Gasteiger partial charge in [-0.1, -0.05) is 36.4 Å². The zero-order valence-electron chi connectivity index (χ0n) is 13.5. The summed E-state index contributed by atoms with van der Waals surface area (Å²) in [6, 6.07) is 14.8. The number of phenols is 1. The van der Waals surface area contributed by atoms with Gasteiger partial charge in [0.15, 0.2) is 0 Å². The van der Waals surface area contributed by atoms with Crippen molar-refractivity contribution in [2.45, 2.75) is 6.54 Å². The molecule has 0 spiro atoms. The molecule has 0 unspecified atom stereocenters. The molecule has 6 nitrogen and oxygen atoms in total. The maximum Gasteiger partial charge on any atom is 0.149 e. The van der Waals surface area contributed by atoms with Gasteiger partial charge in [-0.15, -0.1) is 4.91 Å². The summed E-state index contributed by atoms with van der Waals surface area (Å²) >= 11 is 0. The number of methoxy groups -OCH3 is 1. The summed E-state index contributed by atoms with van der Waals surface area (Å²) in [6.45, 7) is 0.505. The van der Waals surface area contributed by atoms with E-state index in [-0.39, 0.29) is 11.4 Å². The van der Waals surface area contributed by atoms with E-state index in [0.717, 1.165) is 11.3 Å². The molecule has 0 bridgehead atoms. The van der Waals surface area contributed by atoms with Crippen molar-refractivity contribution in [3.8, 4) is 11.5 Å². The number of nitroso groups, excluding NO2 is 1. The lowest BCUT2D eigenvalue weighted by molar-refractivity contribution is 0.414. The maximum atomic E-state index is 11.4. The minimum atomic E-state index is 0.101. The Bertz CT molecular complexity index is 1080. The van der Waals surface area contributed by atoms with Crippen LogP contribution in [0.4, 0.5) is 5.69 Å². The van der Waals surface area contributed by atoms with Crippen LogP contribution in [0.25, 0.3) is 21.8 Å². The van der Waals surface area contributed by atoms with E-state index in [9.17, 15) is 10.0 Å². The quantitative estimate of drug-likeness (QED) is 0.563. The fourth-order valence-corrected chi connectivity index (χ4v) is 3.09. The summed E-state index contributed by atoms with van der Waals surface area (Å²) in [5.41, 5.74) is 2.17. The first kappa shape index (κ1) is 15.1. The van der Waals surface area contributed by atoms with Gasteiger partial charge in [-0.3, -0.25) is 0 Å². The van der Waals surface area contributed by atoms with Gasteiger partial charge in [-0.2, -0.15) is 0 Å². The molecular formula is C19H15N3O3. The van der Waals surface area contributed by atoms with Crippen molar-refractivity contribution < 1.29 is 9.84 Å². The number of hydrogen-bond acceptors (Lipinski definition) is 5. The predicted octanol–water partition coefficient (Wildman–Crippen LogP) is 4.35. The summed E-state index contributed by atoms with van der Waals surface area (Å²) in [7, 11) is 1.62. The van der Waals surface area contributed by atoms with E-state index in [2.05, 4.69) is 10.2 Å². The number of imidazole rings is 1. The lowest BCUT2D eigenvalue weighted by Crippen LogP contribution is -1.98. The SMILES string of the molecule is COc1ccc(Cn2cnc3c(N=O)c4ccccc4c(O)c32)cc1. The van der Waals surface area contributed by atoms with Crippen LogP contribution in [0.15, 0.2) is 60.0 Å². The number of aromatic hydroxyl groups is 1. The van der Waals surface area contributed by atoms with E-state index in [4.69, 9.17) is 4.74 Å². The second-order valence-corrected chi connectivity index (χ2v) is 5.75. The first-order valence-corrected chi connectivity index (χ1v) is 7.77. The Morgan fingerprint density at radius 3 is 2.52 bits per heavy atom. The number of aromatic nitrogens is 2. The molecule has 0 saturated heterocycles. The Morgan fingerprint density at radius 2 is 1.84 bits per heavy atom. The largest absolute Gasteiger partial charge is 0.505 e. The molecule has 1 heterocycles. The molecule has 0 radical (unpaired) electrons. The van der Waals surface area contributed by atoms with Crippen molar-refractivity contribution >= 4 is 27.5 Å². The molecule has 1 N–H and O–H groups in total. The van der Waals surface area contributed by atoms with Gasteiger partial charge in [0.05, 0.1) is 13.4 Å². The van der Waals surface area contributed by atoms with Crippen molar-refractivity contribution in [3.05, 3.63) is 65.3 Å². The van der Waals surface area contributed by atoms with Crippen LogP contribution in [0.2, 0.25) is 0 Å². The number of rotatable bonds is 4. The minimum Gasteiger partial charge on any atom is -0.505 e. The van der Waals surface area contributed by atoms with E-state index >= 15 is 0 Å². The summed E-state index contributed by atoms with van der Waals surface area (Å²) < 4.78 is 6.98. The monoisotopic (exact) mass is 333 g/mol. The van der Waals surface area contributed by atoms with E-state index in [1.54, 1.807) is 31.6 Å². The zero-order chi connectivity index (χ0) is 17.4. The molecule has 4 rings (SSSR count). The van der Waals surface area contributed by atoms with Crippen LogP contribution in [-0.2, 0) is 6.54 Å². The molecule has 0 aliphatic heterocycles. The van der Waals surface area contributed by atoms with Gasteiger partial charge in [-0.25, -0.2) is 4.98 Å². The van der Waals surface area contributed by atoms with Crippen LogP contribution in [0, 0.1) is 4.91 Å². The first-order valence-electron chi connectivity index (χ1n) is 7.77. The van der Waals surface area contributed by atoms with Crippen LogP contribution in [0.3, 0.4) is 0 Å². The number of nitrogens with zero attached hydrogens (tertiary/aromatic N) is 3. The van der Waals surface area contributed by atoms with E-state index < -0.39 is 0 Å². The van der Waals surface area contributed by atoms with Crippen LogP contribution in [-0.4, -0.2) is 21.8 Å². The van der Waals surface area contributed by atoms with Crippen molar-refractivity contribution in [2.24, 2.45) is 5.18 Å².